The lowest BCUT2D eigenvalue weighted by atomic mass is 10.3. The molecule has 8 heteroatoms. The monoisotopic (exact) mass is 277 g/mol. The van der Waals surface area contributed by atoms with Crippen LogP contribution in [0.1, 0.15) is 6.92 Å². The number of hydrogen-bond acceptors (Lipinski definition) is 4. The Labute approximate surface area is 106 Å². The lowest BCUT2D eigenvalue weighted by Gasteiger charge is -2.13. The number of carbonyl (C=O) groups excluding carboxylic acids is 2. The van der Waals surface area contributed by atoms with E-state index in [4.69, 9.17) is 0 Å². The van der Waals surface area contributed by atoms with E-state index >= 15 is 0 Å². The third-order valence-corrected chi connectivity index (χ3v) is 1.82. The van der Waals surface area contributed by atoms with Crippen LogP contribution in [0.2, 0.25) is 0 Å². The standard InChI is InChI=1S/C11H10F3NO4/c1-2-18-10(17)9(16)15-7-5-3-4-6-8(7)19-11(12,13)14/h3-6H,2H2,1H3,(H,15,16). The average Bonchev–Trinajstić information content (AvgIpc) is 2.30. The summed E-state index contributed by atoms with van der Waals surface area (Å²) in [7, 11) is 0. The van der Waals surface area contributed by atoms with Gasteiger partial charge in [-0.25, -0.2) is 4.79 Å². The number of carbonyl (C=O) groups is 2. The first-order valence-corrected chi connectivity index (χ1v) is 5.16. The summed E-state index contributed by atoms with van der Waals surface area (Å²) < 4.78 is 44.4. The Hall–Kier alpha value is -2.25. The topological polar surface area (TPSA) is 64.6 Å². The Morgan fingerprint density at radius 3 is 2.47 bits per heavy atom. The lowest BCUT2D eigenvalue weighted by Crippen LogP contribution is -2.26. The first-order chi connectivity index (χ1) is 8.83. The van der Waals surface area contributed by atoms with Crippen LogP contribution in [-0.2, 0) is 14.3 Å². The number of ether oxygens (including phenoxy) is 2. The SMILES string of the molecule is CCOC(=O)C(=O)Nc1ccccc1OC(F)(F)F. The van der Waals surface area contributed by atoms with Crippen molar-refractivity contribution in [1.29, 1.82) is 0 Å². The number of anilines is 1. The fourth-order valence-electron chi connectivity index (χ4n) is 1.15. The maximum Gasteiger partial charge on any atom is 0.573 e. The van der Waals surface area contributed by atoms with Crippen LogP contribution in [0.15, 0.2) is 24.3 Å². The highest BCUT2D eigenvalue weighted by Gasteiger charge is 2.32. The van der Waals surface area contributed by atoms with Crippen molar-refractivity contribution in [3.05, 3.63) is 24.3 Å². The van der Waals surface area contributed by atoms with Crippen LogP contribution < -0.4 is 10.1 Å². The van der Waals surface area contributed by atoms with E-state index in [1.165, 1.54) is 19.1 Å². The van der Waals surface area contributed by atoms with Gasteiger partial charge in [-0.2, -0.15) is 0 Å². The van der Waals surface area contributed by atoms with Crippen LogP contribution in [0.3, 0.4) is 0 Å². The second-order valence-corrected chi connectivity index (χ2v) is 3.22. The van der Waals surface area contributed by atoms with Gasteiger partial charge >= 0.3 is 18.2 Å². The summed E-state index contributed by atoms with van der Waals surface area (Å²) in [5, 5.41) is 1.98. The van der Waals surface area contributed by atoms with E-state index in [-0.39, 0.29) is 12.3 Å². The summed E-state index contributed by atoms with van der Waals surface area (Å²) >= 11 is 0. The highest BCUT2D eigenvalue weighted by atomic mass is 19.4. The van der Waals surface area contributed by atoms with Gasteiger partial charge < -0.3 is 14.8 Å². The van der Waals surface area contributed by atoms with Gasteiger partial charge in [0.1, 0.15) is 0 Å². The molecule has 0 saturated heterocycles. The maximum absolute atomic E-state index is 12.1. The fraction of sp³-hybridized carbons (Fsp3) is 0.273. The van der Waals surface area contributed by atoms with E-state index in [1.54, 1.807) is 0 Å². The molecule has 1 aromatic carbocycles. The van der Waals surface area contributed by atoms with Crippen molar-refractivity contribution in [2.75, 3.05) is 11.9 Å². The first kappa shape index (κ1) is 14.8. The first-order valence-electron chi connectivity index (χ1n) is 5.16. The molecule has 0 aliphatic heterocycles. The number of amides is 1. The number of rotatable bonds is 3. The Bertz CT molecular complexity index is 473. The third kappa shape index (κ3) is 4.86. The molecule has 1 aromatic rings. The summed E-state index contributed by atoms with van der Waals surface area (Å²) in [5.74, 6) is -2.99. The van der Waals surface area contributed by atoms with Gasteiger partial charge in [-0.05, 0) is 19.1 Å². The molecule has 19 heavy (non-hydrogen) atoms. The average molecular weight is 277 g/mol. The summed E-state index contributed by atoms with van der Waals surface area (Å²) in [6.45, 7) is 1.47. The predicted octanol–water partition coefficient (Wildman–Crippen LogP) is 2.09. The zero-order valence-corrected chi connectivity index (χ0v) is 9.78. The van der Waals surface area contributed by atoms with Gasteiger partial charge in [0, 0.05) is 0 Å². The lowest BCUT2D eigenvalue weighted by molar-refractivity contribution is -0.274. The Morgan fingerprint density at radius 1 is 1.26 bits per heavy atom. The van der Waals surface area contributed by atoms with Crippen molar-refractivity contribution in [1.82, 2.24) is 0 Å². The fourth-order valence-corrected chi connectivity index (χ4v) is 1.15. The van der Waals surface area contributed by atoms with Gasteiger partial charge in [-0.15, -0.1) is 13.2 Å². The van der Waals surface area contributed by atoms with Crippen LogP contribution >= 0.6 is 0 Å². The molecule has 5 nitrogen and oxygen atoms in total. The molecule has 0 aromatic heterocycles. The zero-order chi connectivity index (χ0) is 14.5. The van der Waals surface area contributed by atoms with Crippen LogP contribution in [0, 0.1) is 0 Å². The number of para-hydroxylation sites is 2. The van der Waals surface area contributed by atoms with Crippen LogP contribution in [-0.4, -0.2) is 24.8 Å². The van der Waals surface area contributed by atoms with E-state index in [2.05, 4.69) is 9.47 Å². The minimum absolute atomic E-state index is 0.0209. The minimum Gasteiger partial charge on any atom is -0.459 e. The second kappa shape index (κ2) is 6.07. The van der Waals surface area contributed by atoms with E-state index in [9.17, 15) is 22.8 Å². The van der Waals surface area contributed by atoms with Crippen LogP contribution in [0.5, 0.6) is 5.75 Å². The molecule has 1 amide bonds. The Balaban J connectivity index is 2.84. The molecule has 0 spiro atoms. The molecule has 104 valence electrons. The van der Waals surface area contributed by atoms with Gasteiger partial charge in [0.2, 0.25) is 0 Å². The summed E-state index contributed by atoms with van der Waals surface area (Å²) in [4.78, 5) is 22.3. The summed E-state index contributed by atoms with van der Waals surface area (Å²) in [5.41, 5.74) is -0.280. The molecule has 0 heterocycles. The smallest absolute Gasteiger partial charge is 0.459 e. The van der Waals surface area contributed by atoms with Crippen molar-refractivity contribution >= 4 is 17.6 Å². The molecule has 0 unspecified atom stereocenters. The van der Waals surface area contributed by atoms with Crippen molar-refractivity contribution in [3.63, 3.8) is 0 Å². The van der Waals surface area contributed by atoms with Crippen LogP contribution in [0.4, 0.5) is 18.9 Å². The Morgan fingerprint density at radius 2 is 1.89 bits per heavy atom. The molecular formula is C11H10F3NO4. The zero-order valence-electron chi connectivity index (χ0n) is 9.78. The highest BCUT2D eigenvalue weighted by molar-refractivity contribution is 6.37. The maximum atomic E-state index is 12.1. The number of nitrogens with one attached hydrogen (secondary N) is 1. The minimum atomic E-state index is -4.90. The number of halogens is 3. The molecule has 1 N–H and O–H groups in total. The normalized spacial score (nSPS) is 10.7. The van der Waals surface area contributed by atoms with Crippen molar-refractivity contribution in [3.8, 4) is 5.75 Å². The summed E-state index contributed by atoms with van der Waals surface area (Å²) in [6, 6.07) is 4.84. The van der Waals surface area contributed by atoms with Gasteiger partial charge in [0.25, 0.3) is 0 Å². The number of alkyl halides is 3. The molecular weight excluding hydrogens is 267 g/mol. The van der Waals surface area contributed by atoms with Gasteiger partial charge in [-0.3, -0.25) is 4.79 Å². The molecule has 0 radical (unpaired) electrons. The molecule has 0 saturated carbocycles. The van der Waals surface area contributed by atoms with E-state index in [0.29, 0.717) is 0 Å². The molecule has 0 bridgehead atoms. The predicted molar refractivity (Wildman–Crippen MR) is 58.4 cm³/mol. The molecule has 0 atom stereocenters. The van der Waals surface area contributed by atoms with E-state index < -0.39 is 24.0 Å². The molecule has 1 rings (SSSR count). The van der Waals surface area contributed by atoms with Gasteiger partial charge in [0.05, 0.1) is 12.3 Å². The molecule has 0 fully saturated rings. The van der Waals surface area contributed by atoms with E-state index in [1.807, 2.05) is 5.32 Å². The van der Waals surface area contributed by atoms with E-state index in [0.717, 1.165) is 12.1 Å². The van der Waals surface area contributed by atoms with Crippen molar-refractivity contribution in [2.24, 2.45) is 0 Å². The largest absolute Gasteiger partial charge is 0.573 e. The van der Waals surface area contributed by atoms with Gasteiger partial charge in [0.15, 0.2) is 5.75 Å². The van der Waals surface area contributed by atoms with Crippen LogP contribution in [0.25, 0.3) is 0 Å². The highest BCUT2D eigenvalue weighted by Crippen LogP contribution is 2.29. The van der Waals surface area contributed by atoms with Gasteiger partial charge in [-0.1, -0.05) is 12.1 Å². The van der Waals surface area contributed by atoms with Crippen molar-refractivity contribution < 1.29 is 32.2 Å². The van der Waals surface area contributed by atoms with Crippen molar-refractivity contribution in [2.45, 2.75) is 13.3 Å². The summed E-state index contributed by atoms with van der Waals surface area (Å²) in [6.07, 6.45) is -4.90. The molecule has 0 aliphatic carbocycles. The number of esters is 1. The quantitative estimate of drug-likeness (QED) is 0.678. The third-order valence-electron chi connectivity index (χ3n) is 1.82. The number of benzene rings is 1. The molecule has 0 aliphatic rings. The second-order valence-electron chi connectivity index (χ2n) is 3.22. The Kier molecular flexibility index (Phi) is 4.74. The number of hydrogen-bond donors (Lipinski definition) is 1.